The maximum Gasteiger partial charge on any atom is -0.00119 e. The first kappa shape index (κ1) is 8.32. The van der Waals surface area contributed by atoms with Crippen LogP contribution in [0.5, 0.6) is 0 Å². The van der Waals surface area contributed by atoms with E-state index in [-0.39, 0.29) is 0 Å². The summed E-state index contributed by atoms with van der Waals surface area (Å²) in [4.78, 5) is 0. The van der Waals surface area contributed by atoms with Gasteiger partial charge in [-0.15, -0.1) is 0 Å². The monoisotopic (exact) mass is 148 g/mol. The van der Waals surface area contributed by atoms with Crippen molar-refractivity contribution < 1.29 is 0 Å². The molecule has 0 radical (unpaired) electrons. The van der Waals surface area contributed by atoms with Gasteiger partial charge in [-0.05, 0) is 37.8 Å². The maximum atomic E-state index is 3.82. The summed E-state index contributed by atoms with van der Waals surface area (Å²) in [6.45, 7) is 12.7. The molecule has 0 bridgehead atoms. The van der Waals surface area contributed by atoms with Gasteiger partial charge in [0.15, 0.2) is 0 Å². The van der Waals surface area contributed by atoms with Crippen LogP contribution < -0.4 is 0 Å². The first-order chi connectivity index (χ1) is 5.09. The van der Waals surface area contributed by atoms with Gasteiger partial charge in [-0.2, -0.15) is 0 Å². The second-order valence-electron chi connectivity index (χ2n) is 3.33. The number of allylic oxidation sites excluding steroid dienone is 5. The molecule has 1 unspecified atom stereocenters. The summed E-state index contributed by atoms with van der Waals surface area (Å²) in [5, 5.41) is 0. The summed E-state index contributed by atoms with van der Waals surface area (Å²) in [5.74, 6) is 0.628. The molecule has 0 aromatic heterocycles. The summed E-state index contributed by atoms with van der Waals surface area (Å²) in [6, 6.07) is 0. The van der Waals surface area contributed by atoms with Gasteiger partial charge < -0.3 is 0 Å². The SMILES string of the molecule is C=CC1=C(C)C(C)C(C)=C1C. The van der Waals surface area contributed by atoms with Crippen LogP contribution in [0.2, 0.25) is 0 Å². The number of hydrogen-bond acceptors (Lipinski definition) is 0. The highest BCUT2D eigenvalue weighted by atomic mass is 14.2. The van der Waals surface area contributed by atoms with E-state index >= 15 is 0 Å². The molecule has 0 fully saturated rings. The lowest BCUT2D eigenvalue weighted by atomic mass is 10.00. The average Bonchev–Trinajstić information content (AvgIpc) is 2.17. The predicted octanol–water partition coefficient (Wildman–Crippen LogP) is 3.48. The van der Waals surface area contributed by atoms with Crippen molar-refractivity contribution in [1.82, 2.24) is 0 Å². The molecule has 11 heavy (non-hydrogen) atoms. The van der Waals surface area contributed by atoms with Crippen LogP contribution in [-0.2, 0) is 0 Å². The summed E-state index contributed by atoms with van der Waals surface area (Å²) < 4.78 is 0. The van der Waals surface area contributed by atoms with Crippen molar-refractivity contribution in [2.45, 2.75) is 27.7 Å². The van der Waals surface area contributed by atoms with Crippen molar-refractivity contribution in [3.8, 4) is 0 Å². The minimum Gasteiger partial charge on any atom is -0.0985 e. The molecule has 60 valence electrons. The Bertz CT molecular complexity index is 251. The Balaban J connectivity index is 3.17. The fourth-order valence-corrected chi connectivity index (χ4v) is 1.71. The highest BCUT2D eigenvalue weighted by Crippen LogP contribution is 2.36. The molecule has 0 saturated carbocycles. The van der Waals surface area contributed by atoms with Gasteiger partial charge in [0.05, 0.1) is 0 Å². The van der Waals surface area contributed by atoms with E-state index in [1.165, 1.54) is 22.3 Å². The minimum absolute atomic E-state index is 0.628. The second-order valence-corrected chi connectivity index (χ2v) is 3.33. The van der Waals surface area contributed by atoms with E-state index in [0.717, 1.165) is 0 Å². The van der Waals surface area contributed by atoms with E-state index in [0.29, 0.717) is 5.92 Å². The van der Waals surface area contributed by atoms with Gasteiger partial charge >= 0.3 is 0 Å². The van der Waals surface area contributed by atoms with Crippen molar-refractivity contribution in [1.29, 1.82) is 0 Å². The van der Waals surface area contributed by atoms with Gasteiger partial charge in [0.2, 0.25) is 0 Å². The molecular weight excluding hydrogens is 132 g/mol. The zero-order chi connectivity index (χ0) is 8.59. The van der Waals surface area contributed by atoms with Crippen LogP contribution in [0, 0.1) is 5.92 Å². The zero-order valence-electron chi connectivity index (χ0n) is 7.86. The fraction of sp³-hybridized carbons (Fsp3) is 0.455. The lowest BCUT2D eigenvalue weighted by Gasteiger charge is -2.05. The first-order valence-corrected chi connectivity index (χ1v) is 4.10. The van der Waals surface area contributed by atoms with Gasteiger partial charge in [0.1, 0.15) is 0 Å². The zero-order valence-corrected chi connectivity index (χ0v) is 7.86. The van der Waals surface area contributed by atoms with E-state index < -0.39 is 0 Å². The average molecular weight is 148 g/mol. The summed E-state index contributed by atoms with van der Waals surface area (Å²) >= 11 is 0. The van der Waals surface area contributed by atoms with Crippen molar-refractivity contribution >= 4 is 0 Å². The third-order valence-electron chi connectivity index (χ3n) is 2.92. The molecule has 0 N–H and O–H groups in total. The minimum atomic E-state index is 0.628. The lowest BCUT2D eigenvalue weighted by molar-refractivity contribution is 0.816. The lowest BCUT2D eigenvalue weighted by Crippen LogP contribution is -1.92. The molecule has 0 spiro atoms. The third-order valence-corrected chi connectivity index (χ3v) is 2.92. The van der Waals surface area contributed by atoms with Crippen LogP contribution in [0.15, 0.2) is 34.9 Å². The Hall–Kier alpha value is -0.780. The fourth-order valence-electron chi connectivity index (χ4n) is 1.71. The third kappa shape index (κ3) is 1.07. The van der Waals surface area contributed by atoms with Gasteiger partial charge in [0.25, 0.3) is 0 Å². The van der Waals surface area contributed by atoms with Crippen LogP contribution in [-0.4, -0.2) is 0 Å². The van der Waals surface area contributed by atoms with Crippen LogP contribution in [0.3, 0.4) is 0 Å². The molecule has 0 heterocycles. The highest BCUT2D eigenvalue weighted by molar-refractivity contribution is 5.51. The van der Waals surface area contributed by atoms with Crippen LogP contribution in [0.1, 0.15) is 27.7 Å². The molecule has 1 atom stereocenters. The molecule has 1 aliphatic carbocycles. The molecule has 0 aromatic rings. The molecule has 1 aliphatic rings. The summed E-state index contributed by atoms with van der Waals surface area (Å²) in [6.07, 6.45) is 1.97. The standard InChI is InChI=1S/C11H16/c1-6-11-9(4)7(2)8(3)10(11)5/h6-7H,1H2,2-5H3. The highest BCUT2D eigenvalue weighted by Gasteiger charge is 2.20. The molecule has 0 saturated heterocycles. The second kappa shape index (κ2) is 2.69. The Labute approximate surface area is 69.3 Å². The Morgan fingerprint density at radius 1 is 1.18 bits per heavy atom. The molecule has 0 aliphatic heterocycles. The van der Waals surface area contributed by atoms with Gasteiger partial charge in [0, 0.05) is 0 Å². The summed E-state index contributed by atoms with van der Waals surface area (Å²) in [5.41, 5.74) is 5.74. The Morgan fingerprint density at radius 3 is 1.91 bits per heavy atom. The van der Waals surface area contributed by atoms with Gasteiger partial charge in [-0.1, -0.05) is 30.7 Å². The van der Waals surface area contributed by atoms with Crippen molar-refractivity contribution in [3.63, 3.8) is 0 Å². The van der Waals surface area contributed by atoms with E-state index in [9.17, 15) is 0 Å². The van der Waals surface area contributed by atoms with Crippen LogP contribution >= 0.6 is 0 Å². The predicted molar refractivity (Wildman–Crippen MR) is 50.4 cm³/mol. The normalized spacial score (nSPS) is 24.9. The van der Waals surface area contributed by atoms with E-state index in [2.05, 4.69) is 34.3 Å². The van der Waals surface area contributed by atoms with Crippen molar-refractivity contribution in [3.05, 3.63) is 34.9 Å². The Kier molecular flexibility index (Phi) is 2.03. The Morgan fingerprint density at radius 2 is 1.73 bits per heavy atom. The molecule has 0 nitrogen and oxygen atoms in total. The molecular formula is C11H16. The molecule has 0 amide bonds. The first-order valence-electron chi connectivity index (χ1n) is 4.10. The molecule has 1 rings (SSSR count). The molecule has 0 aromatic carbocycles. The largest absolute Gasteiger partial charge is 0.0985 e. The van der Waals surface area contributed by atoms with Crippen molar-refractivity contribution in [2.24, 2.45) is 5.92 Å². The quantitative estimate of drug-likeness (QED) is 0.534. The van der Waals surface area contributed by atoms with Gasteiger partial charge in [-0.25, -0.2) is 0 Å². The number of rotatable bonds is 1. The number of hydrogen-bond donors (Lipinski definition) is 0. The molecule has 0 heteroatoms. The smallest absolute Gasteiger partial charge is 0.00119 e. The topological polar surface area (TPSA) is 0 Å². The van der Waals surface area contributed by atoms with E-state index in [4.69, 9.17) is 0 Å². The maximum absolute atomic E-state index is 3.82. The summed E-state index contributed by atoms with van der Waals surface area (Å²) in [7, 11) is 0. The van der Waals surface area contributed by atoms with E-state index in [1.54, 1.807) is 0 Å². The van der Waals surface area contributed by atoms with Crippen LogP contribution in [0.25, 0.3) is 0 Å². The van der Waals surface area contributed by atoms with Crippen LogP contribution in [0.4, 0.5) is 0 Å². The van der Waals surface area contributed by atoms with Crippen molar-refractivity contribution in [2.75, 3.05) is 0 Å². The van der Waals surface area contributed by atoms with Gasteiger partial charge in [-0.3, -0.25) is 0 Å². The van der Waals surface area contributed by atoms with E-state index in [1.807, 2.05) is 6.08 Å².